The molecule has 1 heterocycles. The number of nitrogens with zero attached hydrogens (tertiary/aromatic N) is 4. The van der Waals surface area contributed by atoms with Gasteiger partial charge in [0.25, 0.3) is 11.6 Å². The molecule has 0 radical (unpaired) electrons. The van der Waals surface area contributed by atoms with Gasteiger partial charge < -0.3 is 9.47 Å². The van der Waals surface area contributed by atoms with Crippen LogP contribution in [0.5, 0.6) is 11.5 Å². The second-order valence-corrected chi connectivity index (χ2v) is 10.0. The van der Waals surface area contributed by atoms with Gasteiger partial charge in [-0.05, 0) is 36.0 Å². The van der Waals surface area contributed by atoms with Crippen LogP contribution in [0.2, 0.25) is 0 Å². The standard InChI is InChI=1S/C32H25N5O5S/c1-41-26-16-23(17-27(18-26)42-2)31(38)36-33-20-24-15-25(37(39)40)13-14-30(24)43-32-34-28(21-9-5-3-6-10-21)19-29(35-32)22-11-7-4-8-12-22/h3-20H,1-2H3,(H,36,38)/b33-20+. The minimum Gasteiger partial charge on any atom is -0.497 e. The van der Waals surface area contributed by atoms with Crippen LogP contribution < -0.4 is 14.9 Å². The summed E-state index contributed by atoms with van der Waals surface area (Å²) in [5.74, 6) is 0.372. The first kappa shape index (κ1) is 29.0. The summed E-state index contributed by atoms with van der Waals surface area (Å²) < 4.78 is 10.5. The molecule has 4 aromatic carbocycles. The Bertz CT molecular complexity index is 1720. The first-order valence-electron chi connectivity index (χ1n) is 13.0. The highest BCUT2D eigenvalue weighted by Gasteiger charge is 2.15. The Morgan fingerprint density at radius 2 is 1.42 bits per heavy atom. The summed E-state index contributed by atoms with van der Waals surface area (Å²) in [5, 5.41) is 16.1. The summed E-state index contributed by atoms with van der Waals surface area (Å²) in [5.41, 5.74) is 6.31. The normalized spacial score (nSPS) is 10.8. The molecule has 1 amide bonds. The molecule has 43 heavy (non-hydrogen) atoms. The number of carbonyl (C=O) groups is 1. The number of nitro benzene ring substituents is 1. The Hall–Kier alpha value is -5.55. The van der Waals surface area contributed by atoms with Crippen LogP contribution in [-0.4, -0.2) is 41.2 Å². The van der Waals surface area contributed by atoms with Crippen LogP contribution in [0.4, 0.5) is 5.69 Å². The van der Waals surface area contributed by atoms with E-state index in [4.69, 9.17) is 19.4 Å². The van der Waals surface area contributed by atoms with Gasteiger partial charge in [-0.3, -0.25) is 14.9 Å². The number of hydrogen-bond acceptors (Lipinski definition) is 9. The van der Waals surface area contributed by atoms with Gasteiger partial charge >= 0.3 is 0 Å². The van der Waals surface area contributed by atoms with Crippen molar-refractivity contribution in [3.8, 4) is 34.0 Å². The van der Waals surface area contributed by atoms with Crippen LogP contribution in [0.25, 0.3) is 22.5 Å². The zero-order chi connectivity index (χ0) is 30.2. The molecule has 5 aromatic rings. The average Bonchev–Trinajstić information content (AvgIpc) is 3.05. The Balaban J connectivity index is 1.47. The van der Waals surface area contributed by atoms with Crippen LogP contribution in [0, 0.1) is 10.1 Å². The van der Waals surface area contributed by atoms with E-state index >= 15 is 0 Å². The molecule has 0 atom stereocenters. The van der Waals surface area contributed by atoms with E-state index in [1.165, 1.54) is 44.3 Å². The SMILES string of the molecule is COc1cc(OC)cc(C(=O)N/N=C/c2cc([N+](=O)[O-])ccc2Sc2nc(-c3ccccc3)cc(-c3ccccc3)n2)c1. The van der Waals surface area contributed by atoms with Crippen LogP contribution >= 0.6 is 11.8 Å². The number of carbonyl (C=O) groups excluding carboxylic acids is 1. The number of rotatable bonds is 10. The maximum Gasteiger partial charge on any atom is 0.271 e. The lowest BCUT2D eigenvalue weighted by Crippen LogP contribution is -2.17. The number of aromatic nitrogens is 2. The van der Waals surface area contributed by atoms with Crippen molar-refractivity contribution in [3.63, 3.8) is 0 Å². The second-order valence-electron chi connectivity index (χ2n) is 9.03. The molecule has 0 aliphatic rings. The number of nitrogens with one attached hydrogen (secondary N) is 1. The van der Waals surface area contributed by atoms with Crippen LogP contribution in [0.1, 0.15) is 15.9 Å². The van der Waals surface area contributed by atoms with Crippen LogP contribution in [0.15, 0.2) is 118 Å². The molecule has 10 nitrogen and oxygen atoms in total. The molecule has 0 bridgehead atoms. The summed E-state index contributed by atoms with van der Waals surface area (Å²) in [4.78, 5) is 34.0. The summed E-state index contributed by atoms with van der Waals surface area (Å²) in [7, 11) is 2.97. The van der Waals surface area contributed by atoms with Crippen molar-refractivity contribution in [2.24, 2.45) is 5.10 Å². The predicted molar refractivity (Wildman–Crippen MR) is 165 cm³/mol. The predicted octanol–water partition coefficient (Wildman–Crippen LogP) is 6.65. The number of hydrogen-bond donors (Lipinski definition) is 1. The van der Waals surface area contributed by atoms with Crippen molar-refractivity contribution in [1.29, 1.82) is 0 Å². The highest BCUT2D eigenvalue weighted by Crippen LogP contribution is 2.33. The second kappa shape index (κ2) is 13.4. The van der Waals surface area contributed by atoms with Gasteiger partial charge in [0.05, 0.1) is 36.7 Å². The van der Waals surface area contributed by atoms with Crippen LogP contribution in [-0.2, 0) is 0 Å². The van der Waals surface area contributed by atoms with Crippen molar-refractivity contribution in [3.05, 3.63) is 124 Å². The zero-order valence-corrected chi connectivity index (χ0v) is 23.9. The fourth-order valence-electron chi connectivity index (χ4n) is 4.09. The van der Waals surface area contributed by atoms with Gasteiger partial charge in [0, 0.05) is 45.3 Å². The van der Waals surface area contributed by atoms with Gasteiger partial charge in [0.2, 0.25) is 0 Å². The van der Waals surface area contributed by atoms with E-state index in [0.717, 1.165) is 22.5 Å². The maximum absolute atomic E-state index is 12.8. The molecule has 0 saturated heterocycles. The molecule has 1 N–H and O–H groups in total. The molecular formula is C32H25N5O5S. The lowest BCUT2D eigenvalue weighted by Gasteiger charge is -2.10. The monoisotopic (exact) mass is 591 g/mol. The van der Waals surface area contributed by atoms with E-state index in [9.17, 15) is 14.9 Å². The summed E-state index contributed by atoms with van der Waals surface area (Å²) >= 11 is 1.24. The van der Waals surface area contributed by atoms with Gasteiger partial charge in [-0.15, -0.1) is 0 Å². The Morgan fingerprint density at radius 3 is 1.95 bits per heavy atom. The van der Waals surface area contributed by atoms with Gasteiger partial charge in [0.15, 0.2) is 5.16 Å². The van der Waals surface area contributed by atoms with Crippen molar-refractivity contribution in [2.75, 3.05) is 14.2 Å². The number of benzene rings is 4. The van der Waals surface area contributed by atoms with Crippen molar-refractivity contribution in [2.45, 2.75) is 10.1 Å². The Labute approximate surface area is 251 Å². The fraction of sp³-hybridized carbons (Fsp3) is 0.0625. The number of hydrazone groups is 1. The van der Waals surface area contributed by atoms with E-state index < -0.39 is 10.8 Å². The lowest BCUT2D eigenvalue weighted by atomic mass is 10.1. The number of non-ortho nitro benzene ring substituents is 1. The van der Waals surface area contributed by atoms with E-state index in [1.54, 1.807) is 24.3 Å². The minimum atomic E-state index is -0.514. The molecule has 5 rings (SSSR count). The van der Waals surface area contributed by atoms with Crippen molar-refractivity contribution >= 4 is 29.6 Å². The minimum absolute atomic E-state index is 0.126. The van der Waals surface area contributed by atoms with E-state index in [2.05, 4.69) is 10.5 Å². The molecule has 0 spiro atoms. The molecule has 1 aromatic heterocycles. The lowest BCUT2D eigenvalue weighted by molar-refractivity contribution is -0.384. The van der Waals surface area contributed by atoms with Gasteiger partial charge in [-0.1, -0.05) is 60.7 Å². The quantitative estimate of drug-likeness (QED) is 0.0827. The third-order valence-electron chi connectivity index (χ3n) is 6.23. The molecule has 0 unspecified atom stereocenters. The first-order chi connectivity index (χ1) is 20.9. The number of nitro groups is 1. The summed E-state index contributed by atoms with van der Waals surface area (Å²) in [6.07, 6.45) is 1.35. The Morgan fingerprint density at radius 1 is 0.837 bits per heavy atom. The zero-order valence-electron chi connectivity index (χ0n) is 23.1. The largest absolute Gasteiger partial charge is 0.497 e. The highest BCUT2D eigenvalue weighted by atomic mass is 32.2. The average molecular weight is 592 g/mol. The van der Waals surface area contributed by atoms with E-state index in [0.29, 0.717) is 27.1 Å². The van der Waals surface area contributed by atoms with Gasteiger partial charge in [-0.2, -0.15) is 5.10 Å². The fourth-order valence-corrected chi connectivity index (χ4v) is 4.94. The third kappa shape index (κ3) is 7.21. The summed E-state index contributed by atoms with van der Waals surface area (Å²) in [6, 6.07) is 30.5. The van der Waals surface area contributed by atoms with Gasteiger partial charge in [-0.25, -0.2) is 15.4 Å². The topological polar surface area (TPSA) is 129 Å². The number of ether oxygens (including phenoxy) is 2. The maximum atomic E-state index is 12.8. The highest BCUT2D eigenvalue weighted by molar-refractivity contribution is 7.99. The van der Waals surface area contributed by atoms with E-state index in [-0.39, 0.29) is 11.3 Å². The third-order valence-corrected chi connectivity index (χ3v) is 7.19. The molecule has 0 aliphatic carbocycles. The molecule has 0 saturated carbocycles. The van der Waals surface area contributed by atoms with Crippen molar-refractivity contribution < 1.29 is 19.2 Å². The first-order valence-corrected chi connectivity index (χ1v) is 13.8. The van der Waals surface area contributed by atoms with Crippen LogP contribution in [0.3, 0.4) is 0 Å². The smallest absolute Gasteiger partial charge is 0.271 e. The van der Waals surface area contributed by atoms with E-state index in [1.807, 2.05) is 66.7 Å². The summed E-state index contributed by atoms with van der Waals surface area (Å²) in [6.45, 7) is 0. The molecule has 214 valence electrons. The number of methoxy groups -OCH3 is 2. The molecule has 0 fully saturated rings. The molecule has 11 heteroatoms. The molecular weight excluding hydrogens is 566 g/mol. The Kier molecular flexibility index (Phi) is 9.03. The molecule has 0 aliphatic heterocycles. The van der Waals surface area contributed by atoms with Gasteiger partial charge in [0.1, 0.15) is 11.5 Å². The van der Waals surface area contributed by atoms with Crippen molar-refractivity contribution in [1.82, 2.24) is 15.4 Å². The number of amides is 1.